The normalized spacial score (nSPS) is 20.6. The first-order valence-electron chi connectivity index (χ1n) is 6.16. The molecule has 4 heteroatoms. The topological polar surface area (TPSA) is 68.9 Å². The molecule has 4 nitrogen and oxygen atoms in total. The van der Waals surface area contributed by atoms with Crippen molar-refractivity contribution in [3.63, 3.8) is 0 Å². The lowest BCUT2D eigenvalue weighted by atomic mass is 10.1. The van der Waals surface area contributed by atoms with Crippen molar-refractivity contribution >= 4 is 5.82 Å². The van der Waals surface area contributed by atoms with E-state index in [9.17, 15) is 5.11 Å². The van der Waals surface area contributed by atoms with E-state index in [1.54, 1.807) is 12.1 Å². The van der Waals surface area contributed by atoms with E-state index in [4.69, 9.17) is 5.26 Å². The van der Waals surface area contributed by atoms with E-state index in [0.29, 0.717) is 17.8 Å². The fourth-order valence-electron chi connectivity index (χ4n) is 2.45. The predicted molar refractivity (Wildman–Crippen MR) is 71.5 cm³/mol. The highest BCUT2D eigenvalue weighted by molar-refractivity contribution is 5.46. The SMILES string of the molecule is N#Cc1ccc(N[C@@H]2c3ccccc3C[C@@H]2O)nc1. The first-order valence-corrected chi connectivity index (χ1v) is 6.16. The Kier molecular flexibility index (Phi) is 2.90. The van der Waals surface area contributed by atoms with Crippen molar-refractivity contribution in [3.05, 3.63) is 59.3 Å². The Morgan fingerprint density at radius 3 is 2.84 bits per heavy atom. The van der Waals surface area contributed by atoms with Crippen LogP contribution in [0.2, 0.25) is 0 Å². The molecular formula is C15H13N3O. The smallest absolute Gasteiger partial charge is 0.126 e. The number of nitriles is 1. The van der Waals surface area contributed by atoms with Crippen LogP contribution in [0, 0.1) is 11.3 Å². The number of hydrogen-bond donors (Lipinski definition) is 2. The van der Waals surface area contributed by atoms with Gasteiger partial charge >= 0.3 is 0 Å². The van der Waals surface area contributed by atoms with Gasteiger partial charge in [0.25, 0.3) is 0 Å². The summed E-state index contributed by atoms with van der Waals surface area (Å²) in [6.45, 7) is 0. The number of nitrogens with one attached hydrogen (secondary N) is 1. The zero-order chi connectivity index (χ0) is 13.2. The van der Waals surface area contributed by atoms with Crippen LogP contribution in [0.1, 0.15) is 22.7 Å². The van der Waals surface area contributed by atoms with E-state index < -0.39 is 6.10 Å². The first-order chi connectivity index (χ1) is 9.28. The van der Waals surface area contributed by atoms with Crippen molar-refractivity contribution in [3.8, 4) is 6.07 Å². The molecule has 2 aromatic rings. The van der Waals surface area contributed by atoms with Crippen LogP contribution in [-0.2, 0) is 6.42 Å². The molecule has 94 valence electrons. The molecular weight excluding hydrogens is 238 g/mol. The van der Waals surface area contributed by atoms with Gasteiger partial charge in [-0.05, 0) is 23.3 Å². The van der Waals surface area contributed by atoms with Crippen LogP contribution in [0.25, 0.3) is 0 Å². The quantitative estimate of drug-likeness (QED) is 0.856. The number of fused-ring (bicyclic) bond motifs is 1. The fraction of sp³-hybridized carbons (Fsp3) is 0.200. The summed E-state index contributed by atoms with van der Waals surface area (Å²) in [6.07, 6.45) is 1.73. The summed E-state index contributed by atoms with van der Waals surface area (Å²) in [7, 11) is 0. The summed E-state index contributed by atoms with van der Waals surface area (Å²) in [5.41, 5.74) is 2.81. The zero-order valence-corrected chi connectivity index (χ0v) is 10.2. The molecule has 0 amide bonds. The number of aromatic nitrogens is 1. The molecule has 0 bridgehead atoms. The van der Waals surface area contributed by atoms with Crippen molar-refractivity contribution in [2.45, 2.75) is 18.6 Å². The molecule has 2 N–H and O–H groups in total. The molecule has 0 saturated heterocycles. The van der Waals surface area contributed by atoms with Crippen LogP contribution >= 0.6 is 0 Å². The Bertz CT molecular complexity index is 631. The van der Waals surface area contributed by atoms with Gasteiger partial charge in [-0.2, -0.15) is 5.26 Å². The molecule has 1 aliphatic carbocycles. The highest BCUT2D eigenvalue weighted by Crippen LogP contribution is 2.33. The summed E-state index contributed by atoms with van der Waals surface area (Å²) in [6, 6.07) is 13.4. The number of aliphatic hydroxyl groups is 1. The standard InChI is InChI=1S/C15H13N3O/c16-8-10-5-6-14(17-9-10)18-15-12-4-2-1-3-11(12)7-13(15)19/h1-6,9,13,15,19H,7H2,(H,17,18)/t13-,15+/m0/s1. The Morgan fingerprint density at radius 1 is 1.26 bits per heavy atom. The number of anilines is 1. The van der Waals surface area contributed by atoms with Gasteiger partial charge in [-0.3, -0.25) is 0 Å². The van der Waals surface area contributed by atoms with Crippen molar-refractivity contribution in [2.75, 3.05) is 5.32 Å². The zero-order valence-electron chi connectivity index (χ0n) is 10.2. The third kappa shape index (κ3) is 2.16. The summed E-state index contributed by atoms with van der Waals surface area (Å²) in [5.74, 6) is 0.666. The Balaban J connectivity index is 1.85. The average Bonchev–Trinajstić information content (AvgIpc) is 2.76. The lowest BCUT2D eigenvalue weighted by Crippen LogP contribution is -2.21. The van der Waals surface area contributed by atoms with Gasteiger partial charge in [0, 0.05) is 12.6 Å². The minimum Gasteiger partial charge on any atom is -0.390 e. The van der Waals surface area contributed by atoms with Crippen molar-refractivity contribution in [1.82, 2.24) is 4.98 Å². The average molecular weight is 251 g/mol. The van der Waals surface area contributed by atoms with Gasteiger partial charge in [-0.25, -0.2) is 4.98 Å². The minimum atomic E-state index is -0.449. The molecule has 1 aromatic heterocycles. The fourth-order valence-corrected chi connectivity index (χ4v) is 2.45. The number of aliphatic hydroxyl groups excluding tert-OH is 1. The van der Waals surface area contributed by atoms with E-state index >= 15 is 0 Å². The molecule has 1 heterocycles. The van der Waals surface area contributed by atoms with Crippen molar-refractivity contribution in [1.29, 1.82) is 5.26 Å². The maximum Gasteiger partial charge on any atom is 0.126 e. The summed E-state index contributed by atoms with van der Waals surface area (Å²) >= 11 is 0. The monoisotopic (exact) mass is 251 g/mol. The number of rotatable bonds is 2. The molecule has 0 fully saturated rings. The summed E-state index contributed by atoms with van der Waals surface area (Å²) < 4.78 is 0. The second-order valence-electron chi connectivity index (χ2n) is 4.64. The Morgan fingerprint density at radius 2 is 2.11 bits per heavy atom. The van der Waals surface area contributed by atoms with Crippen LogP contribution in [-0.4, -0.2) is 16.2 Å². The lowest BCUT2D eigenvalue weighted by Gasteiger charge is -2.18. The molecule has 19 heavy (non-hydrogen) atoms. The van der Waals surface area contributed by atoms with E-state index in [2.05, 4.69) is 10.3 Å². The maximum absolute atomic E-state index is 10.1. The van der Waals surface area contributed by atoms with Gasteiger partial charge in [0.15, 0.2) is 0 Å². The van der Waals surface area contributed by atoms with Crippen LogP contribution in [0.4, 0.5) is 5.82 Å². The van der Waals surface area contributed by atoms with Gasteiger partial charge < -0.3 is 10.4 Å². The van der Waals surface area contributed by atoms with Crippen molar-refractivity contribution < 1.29 is 5.11 Å². The third-order valence-electron chi connectivity index (χ3n) is 3.40. The Hall–Kier alpha value is -2.38. The molecule has 2 atom stereocenters. The van der Waals surface area contributed by atoms with Gasteiger partial charge in [0.05, 0.1) is 17.7 Å². The molecule has 0 spiro atoms. The lowest BCUT2D eigenvalue weighted by molar-refractivity contribution is 0.165. The van der Waals surface area contributed by atoms with Crippen LogP contribution in [0.3, 0.4) is 0 Å². The third-order valence-corrected chi connectivity index (χ3v) is 3.40. The number of benzene rings is 1. The van der Waals surface area contributed by atoms with Crippen LogP contribution < -0.4 is 5.32 Å². The summed E-state index contributed by atoms with van der Waals surface area (Å²) in [4.78, 5) is 4.18. The number of hydrogen-bond acceptors (Lipinski definition) is 4. The van der Waals surface area contributed by atoms with Gasteiger partial charge in [-0.15, -0.1) is 0 Å². The molecule has 0 aliphatic heterocycles. The maximum atomic E-state index is 10.1. The highest BCUT2D eigenvalue weighted by Gasteiger charge is 2.30. The second-order valence-corrected chi connectivity index (χ2v) is 4.64. The number of pyridine rings is 1. The largest absolute Gasteiger partial charge is 0.390 e. The van der Waals surface area contributed by atoms with E-state index in [-0.39, 0.29) is 6.04 Å². The van der Waals surface area contributed by atoms with Gasteiger partial charge in [0.2, 0.25) is 0 Å². The second kappa shape index (κ2) is 4.71. The van der Waals surface area contributed by atoms with Crippen LogP contribution in [0.15, 0.2) is 42.6 Å². The van der Waals surface area contributed by atoms with Gasteiger partial charge in [0.1, 0.15) is 11.9 Å². The molecule has 0 unspecified atom stereocenters. The first kappa shape index (κ1) is 11.7. The van der Waals surface area contributed by atoms with Crippen molar-refractivity contribution in [2.24, 2.45) is 0 Å². The molecule has 1 aromatic carbocycles. The van der Waals surface area contributed by atoms with Gasteiger partial charge in [-0.1, -0.05) is 24.3 Å². The van der Waals surface area contributed by atoms with Crippen LogP contribution in [0.5, 0.6) is 0 Å². The minimum absolute atomic E-state index is 0.142. The molecule has 0 radical (unpaired) electrons. The van der Waals surface area contributed by atoms with E-state index in [1.165, 1.54) is 11.8 Å². The predicted octanol–water partition coefficient (Wildman–Crippen LogP) is 2.02. The molecule has 1 aliphatic rings. The number of nitrogens with zero attached hydrogens (tertiary/aromatic N) is 2. The van der Waals surface area contributed by atoms with E-state index in [1.807, 2.05) is 30.3 Å². The molecule has 0 saturated carbocycles. The van der Waals surface area contributed by atoms with E-state index in [0.717, 1.165) is 5.56 Å². The Labute approximate surface area is 111 Å². The summed E-state index contributed by atoms with van der Waals surface area (Å²) in [5, 5.41) is 22.1. The molecule has 3 rings (SSSR count). The highest BCUT2D eigenvalue weighted by atomic mass is 16.3.